The molecule has 2 aromatic rings. The molecule has 24 heavy (non-hydrogen) atoms. The smallest absolute Gasteiger partial charge is 0.258 e. The molecule has 2 aliphatic rings. The van der Waals surface area contributed by atoms with Crippen LogP contribution in [0.5, 0.6) is 0 Å². The summed E-state index contributed by atoms with van der Waals surface area (Å²) in [5.41, 5.74) is 4.19. The van der Waals surface area contributed by atoms with Crippen molar-refractivity contribution >= 4 is 23.2 Å². The lowest BCUT2D eigenvalue weighted by atomic mass is 9.74. The first-order chi connectivity index (χ1) is 11.6. The number of nitrogens with one attached hydrogen (secondary N) is 1. The fourth-order valence-corrected chi connectivity index (χ4v) is 4.17. The molecule has 1 aromatic carbocycles. The van der Waals surface area contributed by atoms with Crippen molar-refractivity contribution < 1.29 is 4.79 Å². The Morgan fingerprint density at radius 3 is 2.79 bits per heavy atom. The molecule has 0 aliphatic carbocycles. The van der Waals surface area contributed by atoms with Crippen LogP contribution >= 0.6 is 11.6 Å². The minimum atomic E-state index is 0.00144. The molecular formula is C19H20ClN3O. The molecule has 4 nitrogen and oxygen atoms in total. The van der Waals surface area contributed by atoms with Gasteiger partial charge in [0, 0.05) is 29.4 Å². The Hall–Kier alpha value is -1.91. The predicted molar refractivity (Wildman–Crippen MR) is 95.9 cm³/mol. The van der Waals surface area contributed by atoms with E-state index >= 15 is 0 Å². The van der Waals surface area contributed by atoms with Crippen LogP contribution in [-0.2, 0) is 5.41 Å². The van der Waals surface area contributed by atoms with Gasteiger partial charge in [-0.1, -0.05) is 23.7 Å². The van der Waals surface area contributed by atoms with Gasteiger partial charge in [-0.2, -0.15) is 0 Å². The first-order valence-electron chi connectivity index (χ1n) is 8.34. The van der Waals surface area contributed by atoms with E-state index < -0.39 is 0 Å². The van der Waals surface area contributed by atoms with Crippen LogP contribution in [0.25, 0.3) is 0 Å². The van der Waals surface area contributed by atoms with Crippen molar-refractivity contribution in [1.82, 2.24) is 10.3 Å². The van der Waals surface area contributed by atoms with Gasteiger partial charge in [0.2, 0.25) is 0 Å². The zero-order valence-electron chi connectivity index (χ0n) is 13.7. The van der Waals surface area contributed by atoms with Crippen molar-refractivity contribution in [3.05, 3.63) is 58.4 Å². The normalized spacial score (nSPS) is 18.7. The third-order valence-corrected chi connectivity index (χ3v) is 5.46. The van der Waals surface area contributed by atoms with Crippen LogP contribution in [0.2, 0.25) is 5.15 Å². The quantitative estimate of drug-likeness (QED) is 0.809. The number of aromatic nitrogens is 1. The van der Waals surface area contributed by atoms with Crippen LogP contribution < -0.4 is 10.2 Å². The molecule has 5 heteroatoms. The van der Waals surface area contributed by atoms with E-state index in [9.17, 15) is 4.79 Å². The van der Waals surface area contributed by atoms with Crippen LogP contribution in [0.15, 0.2) is 36.5 Å². The lowest BCUT2D eigenvalue weighted by molar-refractivity contribution is 0.0982. The van der Waals surface area contributed by atoms with E-state index in [1.807, 2.05) is 4.90 Å². The minimum absolute atomic E-state index is 0.00144. The summed E-state index contributed by atoms with van der Waals surface area (Å²) in [5, 5.41) is 3.78. The molecule has 0 atom stereocenters. The summed E-state index contributed by atoms with van der Waals surface area (Å²) in [6.45, 7) is 4.80. The summed E-state index contributed by atoms with van der Waals surface area (Å²) < 4.78 is 0. The molecule has 1 saturated heterocycles. The zero-order valence-corrected chi connectivity index (χ0v) is 14.4. The molecule has 1 amide bonds. The third-order valence-electron chi connectivity index (χ3n) is 5.26. The summed E-state index contributed by atoms with van der Waals surface area (Å²) >= 11 is 5.97. The molecule has 0 unspecified atom stereocenters. The van der Waals surface area contributed by atoms with E-state index in [4.69, 9.17) is 11.6 Å². The Morgan fingerprint density at radius 2 is 2.04 bits per heavy atom. The Morgan fingerprint density at radius 1 is 1.25 bits per heavy atom. The number of piperidine rings is 1. The van der Waals surface area contributed by atoms with Gasteiger partial charge in [0.25, 0.3) is 5.91 Å². The van der Waals surface area contributed by atoms with Gasteiger partial charge in [0.15, 0.2) is 0 Å². The number of carbonyl (C=O) groups is 1. The van der Waals surface area contributed by atoms with E-state index in [0.717, 1.165) is 38.2 Å². The maximum Gasteiger partial charge on any atom is 0.258 e. The molecular weight excluding hydrogens is 322 g/mol. The van der Waals surface area contributed by atoms with E-state index in [1.165, 1.54) is 11.1 Å². The van der Waals surface area contributed by atoms with Gasteiger partial charge in [-0.05, 0) is 62.2 Å². The van der Waals surface area contributed by atoms with Crippen molar-refractivity contribution in [2.24, 2.45) is 0 Å². The molecule has 1 fully saturated rings. The second kappa shape index (κ2) is 5.87. The van der Waals surface area contributed by atoms with Gasteiger partial charge in [0.1, 0.15) is 5.15 Å². The first-order valence-corrected chi connectivity index (χ1v) is 8.72. The highest BCUT2D eigenvalue weighted by Gasteiger charge is 2.45. The molecule has 0 radical (unpaired) electrons. The number of rotatable bonds is 1. The SMILES string of the molecule is Cc1ccc2c(c1)N(C(=O)c1ccnc(Cl)c1)CC21CCNCC1. The standard InChI is InChI=1S/C19H20ClN3O/c1-13-2-3-15-16(10-13)23(12-19(15)5-8-21-9-6-19)18(24)14-4-7-22-17(20)11-14/h2-4,7,10-11,21H,5-6,8-9,12H2,1H3. The molecule has 3 heterocycles. The van der Waals surface area contributed by atoms with E-state index in [-0.39, 0.29) is 11.3 Å². The molecule has 0 bridgehead atoms. The highest BCUT2D eigenvalue weighted by molar-refractivity contribution is 6.29. The topological polar surface area (TPSA) is 45.2 Å². The van der Waals surface area contributed by atoms with Gasteiger partial charge in [-0.3, -0.25) is 4.79 Å². The maximum atomic E-state index is 13.1. The van der Waals surface area contributed by atoms with E-state index in [1.54, 1.807) is 18.3 Å². The molecule has 124 valence electrons. The van der Waals surface area contributed by atoms with E-state index in [0.29, 0.717) is 10.7 Å². The van der Waals surface area contributed by atoms with Crippen molar-refractivity contribution in [3.63, 3.8) is 0 Å². The van der Waals surface area contributed by atoms with Gasteiger partial charge in [-0.15, -0.1) is 0 Å². The molecule has 1 N–H and O–H groups in total. The lowest BCUT2D eigenvalue weighted by Crippen LogP contribution is -2.44. The summed E-state index contributed by atoms with van der Waals surface area (Å²) in [5.74, 6) is 0.00144. The van der Waals surface area contributed by atoms with Crippen LogP contribution in [0.1, 0.15) is 34.3 Å². The molecule has 4 rings (SSSR count). The average Bonchev–Trinajstić information content (AvgIpc) is 2.88. The van der Waals surface area contributed by atoms with Crippen molar-refractivity contribution in [1.29, 1.82) is 0 Å². The number of aryl methyl sites for hydroxylation is 1. The number of nitrogens with zero attached hydrogens (tertiary/aromatic N) is 2. The van der Waals surface area contributed by atoms with E-state index in [2.05, 4.69) is 35.4 Å². The Labute approximate surface area is 146 Å². The van der Waals surface area contributed by atoms with Gasteiger partial charge in [0.05, 0.1) is 0 Å². The average molecular weight is 342 g/mol. The second-order valence-electron chi connectivity index (χ2n) is 6.81. The number of fused-ring (bicyclic) bond motifs is 2. The minimum Gasteiger partial charge on any atom is -0.317 e. The molecule has 2 aliphatic heterocycles. The number of amides is 1. The Kier molecular flexibility index (Phi) is 3.82. The first kappa shape index (κ1) is 15.6. The summed E-state index contributed by atoms with van der Waals surface area (Å²) in [7, 11) is 0. The Balaban J connectivity index is 1.77. The largest absolute Gasteiger partial charge is 0.317 e. The number of halogens is 1. The van der Waals surface area contributed by atoms with Crippen molar-refractivity contribution in [2.75, 3.05) is 24.5 Å². The third kappa shape index (κ3) is 2.50. The predicted octanol–water partition coefficient (Wildman–Crippen LogP) is 3.33. The second-order valence-corrected chi connectivity index (χ2v) is 7.20. The number of hydrogen-bond donors (Lipinski definition) is 1. The number of pyridine rings is 1. The highest BCUT2D eigenvalue weighted by atomic mass is 35.5. The lowest BCUT2D eigenvalue weighted by Gasteiger charge is -2.34. The highest BCUT2D eigenvalue weighted by Crippen LogP contribution is 2.46. The fraction of sp³-hybridized carbons (Fsp3) is 0.368. The van der Waals surface area contributed by atoms with Crippen LogP contribution in [0, 0.1) is 6.92 Å². The van der Waals surface area contributed by atoms with Gasteiger partial charge >= 0.3 is 0 Å². The number of anilines is 1. The Bertz CT molecular complexity index is 799. The number of hydrogen-bond acceptors (Lipinski definition) is 3. The maximum absolute atomic E-state index is 13.1. The van der Waals surface area contributed by atoms with Crippen LogP contribution in [-0.4, -0.2) is 30.5 Å². The summed E-state index contributed by atoms with van der Waals surface area (Å²) in [6, 6.07) is 9.87. The molecule has 1 spiro atoms. The van der Waals surface area contributed by atoms with Crippen LogP contribution in [0.4, 0.5) is 5.69 Å². The van der Waals surface area contributed by atoms with Gasteiger partial charge < -0.3 is 10.2 Å². The monoisotopic (exact) mass is 341 g/mol. The number of carbonyl (C=O) groups excluding carboxylic acids is 1. The summed E-state index contributed by atoms with van der Waals surface area (Å²) in [4.78, 5) is 19.0. The number of benzene rings is 1. The summed E-state index contributed by atoms with van der Waals surface area (Å²) in [6.07, 6.45) is 3.71. The van der Waals surface area contributed by atoms with Crippen molar-refractivity contribution in [3.8, 4) is 0 Å². The van der Waals surface area contributed by atoms with Crippen LogP contribution in [0.3, 0.4) is 0 Å². The zero-order chi connectivity index (χ0) is 16.7. The van der Waals surface area contributed by atoms with Crippen molar-refractivity contribution in [2.45, 2.75) is 25.2 Å². The van der Waals surface area contributed by atoms with Gasteiger partial charge in [-0.25, -0.2) is 4.98 Å². The molecule has 0 saturated carbocycles. The fourth-order valence-electron chi connectivity index (χ4n) is 3.99. The molecule has 1 aromatic heterocycles.